The zero-order chi connectivity index (χ0) is 13.5. The summed E-state index contributed by atoms with van der Waals surface area (Å²) in [5.41, 5.74) is 0. The average molecular weight is 263 g/mol. The van der Waals surface area contributed by atoms with Gasteiger partial charge in [0.2, 0.25) is 0 Å². The van der Waals surface area contributed by atoms with Crippen molar-refractivity contribution in [2.45, 2.75) is 71.3 Å². The normalized spacial score (nSPS) is 16.7. The smallest absolute Gasteiger partial charge is 0.140 e. The van der Waals surface area contributed by atoms with Crippen LogP contribution < -0.4 is 0 Å². The summed E-state index contributed by atoms with van der Waals surface area (Å²) in [5.74, 6) is 1.93. The van der Waals surface area contributed by atoms with Crippen molar-refractivity contribution >= 4 is 5.78 Å². The van der Waals surface area contributed by atoms with Gasteiger partial charge < -0.3 is 0 Å². The van der Waals surface area contributed by atoms with Crippen LogP contribution in [0.15, 0.2) is 6.33 Å². The number of carbonyl (C=O) groups excluding carboxylic acids is 1. The largest absolute Gasteiger partial charge is 0.299 e. The van der Waals surface area contributed by atoms with E-state index >= 15 is 0 Å². The lowest BCUT2D eigenvalue weighted by molar-refractivity contribution is -0.118. The Hall–Kier alpha value is -1.19. The highest BCUT2D eigenvalue weighted by Crippen LogP contribution is 2.27. The lowest BCUT2D eigenvalue weighted by Gasteiger charge is -2.20. The second kappa shape index (κ2) is 7.41. The first-order chi connectivity index (χ1) is 9.29. The molecule has 0 radical (unpaired) electrons. The van der Waals surface area contributed by atoms with Gasteiger partial charge in [0.1, 0.15) is 17.9 Å². The predicted molar refractivity (Wildman–Crippen MR) is 74.8 cm³/mol. The molecule has 1 fully saturated rings. The van der Waals surface area contributed by atoms with Crippen molar-refractivity contribution in [3.05, 3.63) is 12.2 Å². The van der Waals surface area contributed by atoms with Crippen LogP contribution in [0.1, 0.15) is 64.1 Å². The third kappa shape index (κ3) is 4.44. The van der Waals surface area contributed by atoms with E-state index in [2.05, 4.69) is 17.0 Å². The van der Waals surface area contributed by atoms with Crippen LogP contribution in [0.5, 0.6) is 0 Å². The number of aromatic nitrogens is 3. The fourth-order valence-corrected chi connectivity index (χ4v) is 2.93. The molecule has 19 heavy (non-hydrogen) atoms. The highest BCUT2D eigenvalue weighted by atomic mass is 16.1. The summed E-state index contributed by atoms with van der Waals surface area (Å²) in [6.45, 7) is 2.96. The molecule has 0 N–H and O–H groups in total. The summed E-state index contributed by atoms with van der Waals surface area (Å²) >= 11 is 0. The van der Waals surface area contributed by atoms with Gasteiger partial charge in [-0.05, 0) is 18.8 Å². The molecule has 106 valence electrons. The molecule has 1 aliphatic carbocycles. The number of Topliss-reactive ketones (excluding diaryl/α,β-unsaturated/α-hetero) is 1. The molecule has 0 spiro atoms. The Bertz CT molecular complexity index is 394. The van der Waals surface area contributed by atoms with E-state index in [1.54, 1.807) is 6.33 Å². The second-order valence-corrected chi connectivity index (χ2v) is 5.66. The van der Waals surface area contributed by atoms with E-state index in [1.165, 1.54) is 32.1 Å². The molecule has 0 aliphatic heterocycles. The monoisotopic (exact) mass is 263 g/mol. The number of aryl methyl sites for hydroxylation is 1. The molecule has 2 rings (SSSR count). The van der Waals surface area contributed by atoms with Crippen LogP contribution in [0.3, 0.4) is 0 Å². The van der Waals surface area contributed by atoms with E-state index in [1.807, 2.05) is 4.68 Å². The summed E-state index contributed by atoms with van der Waals surface area (Å²) in [6, 6.07) is 0. The number of hydrogen-bond donors (Lipinski definition) is 0. The molecule has 0 unspecified atom stereocenters. The van der Waals surface area contributed by atoms with Crippen LogP contribution in [0.25, 0.3) is 0 Å². The summed E-state index contributed by atoms with van der Waals surface area (Å²) in [7, 11) is 0. The SMILES string of the molecule is CCCn1ncnc1CC(=O)CCC1CCCCC1. The first kappa shape index (κ1) is 14.2. The highest BCUT2D eigenvalue weighted by molar-refractivity contribution is 5.80. The molecule has 1 saturated carbocycles. The molecule has 4 heteroatoms. The van der Waals surface area contributed by atoms with E-state index in [0.717, 1.165) is 31.1 Å². The summed E-state index contributed by atoms with van der Waals surface area (Å²) < 4.78 is 1.86. The van der Waals surface area contributed by atoms with Gasteiger partial charge in [-0.25, -0.2) is 9.67 Å². The molecule has 0 atom stereocenters. The number of nitrogens with zero attached hydrogens (tertiary/aromatic N) is 3. The second-order valence-electron chi connectivity index (χ2n) is 5.66. The van der Waals surface area contributed by atoms with Crippen LogP contribution in [0.2, 0.25) is 0 Å². The predicted octanol–water partition coefficient (Wildman–Crippen LogP) is 3.16. The minimum atomic E-state index is 0.316. The first-order valence-corrected chi connectivity index (χ1v) is 7.68. The molecule has 4 nitrogen and oxygen atoms in total. The van der Waals surface area contributed by atoms with Crippen LogP contribution in [0.4, 0.5) is 0 Å². The maximum Gasteiger partial charge on any atom is 0.140 e. The number of ketones is 1. The van der Waals surface area contributed by atoms with Crippen molar-refractivity contribution in [3.8, 4) is 0 Å². The number of rotatable bonds is 7. The Balaban J connectivity index is 1.75. The maximum absolute atomic E-state index is 12.0. The molecule has 1 aromatic rings. The minimum Gasteiger partial charge on any atom is -0.299 e. The van der Waals surface area contributed by atoms with Crippen molar-refractivity contribution < 1.29 is 4.79 Å². The van der Waals surface area contributed by atoms with Gasteiger partial charge in [-0.3, -0.25) is 4.79 Å². The summed E-state index contributed by atoms with van der Waals surface area (Å²) in [5, 5.41) is 4.16. The molecule has 0 amide bonds. The molecule has 0 bridgehead atoms. The van der Waals surface area contributed by atoms with Gasteiger partial charge >= 0.3 is 0 Å². The third-order valence-electron chi connectivity index (χ3n) is 4.04. The highest BCUT2D eigenvalue weighted by Gasteiger charge is 2.16. The first-order valence-electron chi connectivity index (χ1n) is 7.68. The molecule has 1 heterocycles. The Kier molecular flexibility index (Phi) is 5.55. The van der Waals surface area contributed by atoms with Gasteiger partial charge in [-0.2, -0.15) is 5.10 Å². The lowest BCUT2D eigenvalue weighted by Crippen LogP contribution is -2.13. The van der Waals surface area contributed by atoms with Crippen LogP contribution in [-0.2, 0) is 17.8 Å². The van der Waals surface area contributed by atoms with E-state index in [0.29, 0.717) is 18.6 Å². The Morgan fingerprint density at radius 1 is 1.37 bits per heavy atom. The van der Waals surface area contributed by atoms with E-state index in [-0.39, 0.29) is 0 Å². The standard InChI is InChI=1S/C15H25N3O/c1-2-10-18-15(16-12-17-18)11-14(19)9-8-13-6-4-3-5-7-13/h12-13H,2-11H2,1H3. The molecule has 0 aromatic carbocycles. The summed E-state index contributed by atoms with van der Waals surface area (Å²) in [4.78, 5) is 16.2. The Morgan fingerprint density at radius 3 is 2.89 bits per heavy atom. The fourth-order valence-electron chi connectivity index (χ4n) is 2.93. The van der Waals surface area contributed by atoms with Gasteiger partial charge in [-0.15, -0.1) is 0 Å². The van der Waals surface area contributed by atoms with Crippen molar-refractivity contribution in [1.82, 2.24) is 14.8 Å². The molecule has 1 aliphatic rings. The summed E-state index contributed by atoms with van der Waals surface area (Å²) in [6.07, 6.45) is 11.5. The topological polar surface area (TPSA) is 47.8 Å². The number of carbonyl (C=O) groups is 1. The van der Waals surface area contributed by atoms with Crippen molar-refractivity contribution in [3.63, 3.8) is 0 Å². The van der Waals surface area contributed by atoms with E-state index in [9.17, 15) is 4.79 Å². The Morgan fingerprint density at radius 2 is 2.16 bits per heavy atom. The molecular weight excluding hydrogens is 238 g/mol. The Labute approximate surface area is 115 Å². The lowest BCUT2D eigenvalue weighted by atomic mass is 9.85. The van der Waals surface area contributed by atoms with Gasteiger partial charge in [0.15, 0.2) is 0 Å². The van der Waals surface area contributed by atoms with Crippen molar-refractivity contribution in [1.29, 1.82) is 0 Å². The van der Waals surface area contributed by atoms with Crippen LogP contribution in [0, 0.1) is 5.92 Å². The van der Waals surface area contributed by atoms with Gasteiger partial charge in [0.05, 0.1) is 6.42 Å². The maximum atomic E-state index is 12.0. The average Bonchev–Trinajstić information content (AvgIpc) is 2.85. The van der Waals surface area contributed by atoms with E-state index in [4.69, 9.17) is 0 Å². The van der Waals surface area contributed by atoms with E-state index < -0.39 is 0 Å². The quantitative estimate of drug-likeness (QED) is 0.759. The van der Waals surface area contributed by atoms with Crippen molar-refractivity contribution in [2.75, 3.05) is 0 Å². The fraction of sp³-hybridized carbons (Fsp3) is 0.800. The minimum absolute atomic E-state index is 0.316. The molecule has 0 saturated heterocycles. The van der Waals surface area contributed by atoms with Crippen molar-refractivity contribution in [2.24, 2.45) is 5.92 Å². The van der Waals surface area contributed by atoms with Gasteiger partial charge in [0.25, 0.3) is 0 Å². The van der Waals surface area contributed by atoms with Gasteiger partial charge in [0, 0.05) is 13.0 Å². The number of hydrogen-bond acceptors (Lipinski definition) is 3. The third-order valence-corrected chi connectivity index (χ3v) is 4.04. The van der Waals surface area contributed by atoms with Crippen LogP contribution in [-0.4, -0.2) is 20.5 Å². The zero-order valence-corrected chi connectivity index (χ0v) is 12.0. The zero-order valence-electron chi connectivity index (χ0n) is 12.0. The van der Waals surface area contributed by atoms with Gasteiger partial charge in [-0.1, -0.05) is 39.0 Å². The molecule has 1 aromatic heterocycles. The van der Waals surface area contributed by atoms with Crippen LogP contribution >= 0.6 is 0 Å². The molecular formula is C15H25N3O.